The molecular formula is C32H44O20. The van der Waals surface area contributed by atoms with Gasteiger partial charge in [-0.15, -0.1) is 0 Å². The molecule has 0 saturated carbocycles. The molecule has 2 aliphatic heterocycles. The Balaban J connectivity index is 2.34. The average molecular weight is 749 g/mol. The highest BCUT2D eigenvalue weighted by molar-refractivity contribution is 5.70. The Hall–Kier alpha value is -4.66. The van der Waals surface area contributed by atoms with Gasteiger partial charge in [-0.2, -0.15) is 0 Å². The molecule has 0 radical (unpaired) electrons. The molecule has 2 saturated heterocycles. The number of hydrogen-bond donors (Lipinski definition) is 0. The summed E-state index contributed by atoms with van der Waals surface area (Å²) in [6.45, 7) is 10.8. The van der Waals surface area contributed by atoms with Crippen LogP contribution in [0, 0.1) is 0 Å². The van der Waals surface area contributed by atoms with E-state index in [4.69, 9.17) is 56.8 Å². The van der Waals surface area contributed by atoms with Crippen LogP contribution in [0.5, 0.6) is 0 Å². The summed E-state index contributed by atoms with van der Waals surface area (Å²) < 4.78 is 65.7. The van der Waals surface area contributed by atoms with Gasteiger partial charge in [0.25, 0.3) is 0 Å². The van der Waals surface area contributed by atoms with E-state index in [1.54, 1.807) is 0 Å². The molecule has 10 atom stereocenters. The molecule has 2 unspecified atom stereocenters. The van der Waals surface area contributed by atoms with Crippen LogP contribution in [0.1, 0.15) is 55.4 Å². The molecule has 0 aromatic rings. The first-order valence-corrected chi connectivity index (χ1v) is 15.8. The third kappa shape index (κ3) is 14.2. The van der Waals surface area contributed by atoms with Crippen LogP contribution in [0.2, 0.25) is 0 Å². The van der Waals surface area contributed by atoms with Crippen molar-refractivity contribution >= 4 is 47.8 Å². The van der Waals surface area contributed by atoms with E-state index in [0.717, 1.165) is 55.4 Å². The fourth-order valence-corrected chi connectivity index (χ4v) is 5.09. The van der Waals surface area contributed by atoms with Crippen molar-refractivity contribution in [1.29, 1.82) is 0 Å². The van der Waals surface area contributed by atoms with E-state index in [1.165, 1.54) is 0 Å². The van der Waals surface area contributed by atoms with Gasteiger partial charge in [-0.3, -0.25) is 38.4 Å². The summed E-state index contributed by atoms with van der Waals surface area (Å²) in [5, 5.41) is 0. The first kappa shape index (κ1) is 43.5. The first-order valence-electron chi connectivity index (χ1n) is 15.8. The van der Waals surface area contributed by atoms with E-state index in [0.29, 0.717) is 0 Å². The average Bonchev–Trinajstić information content (AvgIpc) is 3.00. The van der Waals surface area contributed by atoms with Gasteiger partial charge in [0, 0.05) is 55.4 Å². The molecule has 0 aliphatic carbocycles. The second-order valence-corrected chi connectivity index (χ2v) is 11.5. The summed E-state index contributed by atoms with van der Waals surface area (Å²) in [4.78, 5) is 95.5. The maximum atomic E-state index is 12.1. The summed E-state index contributed by atoms with van der Waals surface area (Å²) >= 11 is 0. The molecule has 292 valence electrons. The summed E-state index contributed by atoms with van der Waals surface area (Å²) in [5.74, 6) is -6.40. The Morgan fingerprint density at radius 3 is 0.962 bits per heavy atom. The van der Waals surface area contributed by atoms with Crippen LogP contribution in [0.4, 0.5) is 0 Å². The second kappa shape index (κ2) is 20.4. The predicted molar refractivity (Wildman–Crippen MR) is 165 cm³/mol. The van der Waals surface area contributed by atoms with Gasteiger partial charge >= 0.3 is 47.8 Å². The Kier molecular flexibility index (Phi) is 17.1. The molecular weight excluding hydrogens is 704 g/mol. The standard InChI is InChI=1S/C32H44O20/c1-14(10-43-31-29(49-21(8)39)27(47-19(6)37)25(45-17(4)35)23(51-31)12-41-15(2)33)11-44-32-30(50-22(9)40)28(48-20(7)38)26(46-18(5)36)24(52-32)13-42-16(3)34/h23-32H,1,10-13H2,2-9H3/t23-,24-,25-,26-,27+,28?,29-,30-,31?,32-/m1/s1. The van der Waals surface area contributed by atoms with Crippen molar-refractivity contribution in [2.24, 2.45) is 0 Å². The highest BCUT2D eigenvalue weighted by atomic mass is 16.7. The highest BCUT2D eigenvalue weighted by Gasteiger charge is 2.54. The number of carbonyl (C=O) groups excluding carboxylic acids is 8. The number of hydrogen-bond acceptors (Lipinski definition) is 20. The quantitative estimate of drug-likeness (QED) is 0.112. The van der Waals surface area contributed by atoms with Crippen molar-refractivity contribution in [1.82, 2.24) is 0 Å². The highest BCUT2D eigenvalue weighted by Crippen LogP contribution is 2.32. The van der Waals surface area contributed by atoms with Crippen molar-refractivity contribution in [2.45, 2.75) is 117 Å². The predicted octanol–water partition coefficient (Wildman–Crippen LogP) is -0.258. The second-order valence-electron chi connectivity index (χ2n) is 11.5. The largest absolute Gasteiger partial charge is 0.463 e. The van der Waals surface area contributed by atoms with Crippen LogP contribution in [-0.2, 0) is 95.2 Å². The lowest BCUT2D eigenvalue weighted by atomic mass is 9.98. The smallest absolute Gasteiger partial charge is 0.303 e. The van der Waals surface area contributed by atoms with Gasteiger partial charge in [-0.05, 0) is 5.57 Å². The van der Waals surface area contributed by atoms with Gasteiger partial charge in [0.05, 0.1) is 13.2 Å². The zero-order valence-electron chi connectivity index (χ0n) is 30.0. The van der Waals surface area contributed by atoms with Crippen LogP contribution >= 0.6 is 0 Å². The van der Waals surface area contributed by atoms with Gasteiger partial charge in [0.2, 0.25) is 0 Å². The third-order valence-electron chi connectivity index (χ3n) is 6.80. The Morgan fingerprint density at radius 2 is 0.692 bits per heavy atom. The summed E-state index contributed by atoms with van der Waals surface area (Å²) in [6, 6.07) is 0. The van der Waals surface area contributed by atoms with Crippen LogP contribution < -0.4 is 0 Å². The molecule has 2 aliphatic rings. The Labute approximate surface area is 298 Å². The number of rotatable bonds is 16. The van der Waals surface area contributed by atoms with E-state index in [1.807, 2.05) is 0 Å². The van der Waals surface area contributed by atoms with Crippen molar-refractivity contribution in [3.8, 4) is 0 Å². The van der Waals surface area contributed by atoms with Crippen LogP contribution in [-0.4, -0.2) is 136 Å². The number of ether oxygens (including phenoxy) is 12. The number of carbonyl (C=O) groups is 8. The Morgan fingerprint density at radius 1 is 0.423 bits per heavy atom. The van der Waals surface area contributed by atoms with Gasteiger partial charge in [-0.1, -0.05) is 6.58 Å². The summed E-state index contributed by atoms with van der Waals surface area (Å²) in [7, 11) is 0. The summed E-state index contributed by atoms with van der Waals surface area (Å²) in [5.41, 5.74) is 0.153. The van der Waals surface area contributed by atoms with E-state index < -0.39 is 136 Å². The zero-order chi connectivity index (χ0) is 39.3. The monoisotopic (exact) mass is 748 g/mol. The van der Waals surface area contributed by atoms with Crippen LogP contribution in [0.25, 0.3) is 0 Å². The van der Waals surface area contributed by atoms with Gasteiger partial charge < -0.3 is 56.8 Å². The maximum absolute atomic E-state index is 12.1. The third-order valence-corrected chi connectivity index (χ3v) is 6.80. The Bertz CT molecular complexity index is 1240. The van der Waals surface area contributed by atoms with E-state index in [-0.39, 0.29) is 5.57 Å². The van der Waals surface area contributed by atoms with Crippen molar-refractivity contribution in [3.63, 3.8) is 0 Å². The minimum absolute atomic E-state index is 0.153. The molecule has 52 heavy (non-hydrogen) atoms. The molecule has 0 amide bonds. The minimum atomic E-state index is -1.52. The van der Waals surface area contributed by atoms with Crippen LogP contribution in [0.15, 0.2) is 12.2 Å². The molecule has 2 rings (SSSR count). The van der Waals surface area contributed by atoms with E-state index in [2.05, 4.69) is 6.58 Å². The summed E-state index contributed by atoms with van der Waals surface area (Å²) in [6.07, 6.45) is -14.4. The zero-order valence-corrected chi connectivity index (χ0v) is 30.0. The fraction of sp³-hybridized carbons (Fsp3) is 0.688. The molecule has 20 heteroatoms. The molecule has 0 aromatic carbocycles. The van der Waals surface area contributed by atoms with Crippen LogP contribution in [0.3, 0.4) is 0 Å². The van der Waals surface area contributed by atoms with Crippen molar-refractivity contribution < 1.29 is 95.2 Å². The van der Waals surface area contributed by atoms with E-state index >= 15 is 0 Å². The van der Waals surface area contributed by atoms with Crippen molar-refractivity contribution in [2.75, 3.05) is 26.4 Å². The SMILES string of the molecule is C=C(COC1O[C@H](COC(C)=O)[C@@H](OC(C)=O)[C@H](OC(C)=O)[C@H]1OC(C)=O)CO[C@@H]1O[C@H](COC(C)=O)[C@@H](OC(C)=O)C(OC(C)=O)[C@H]1OC(C)=O. The lowest BCUT2D eigenvalue weighted by Gasteiger charge is -2.44. The lowest BCUT2D eigenvalue weighted by Crippen LogP contribution is -2.63. The minimum Gasteiger partial charge on any atom is -0.463 e. The molecule has 20 nitrogen and oxygen atoms in total. The topological polar surface area (TPSA) is 247 Å². The van der Waals surface area contributed by atoms with Gasteiger partial charge in [0.1, 0.15) is 25.4 Å². The van der Waals surface area contributed by atoms with E-state index in [9.17, 15) is 38.4 Å². The maximum Gasteiger partial charge on any atom is 0.303 e. The molecule has 2 fully saturated rings. The van der Waals surface area contributed by atoms with Gasteiger partial charge in [0.15, 0.2) is 49.2 Å². The van der Waals surface area contributed by atoms with Gasteiger partial charge in [-0.25, -0.2) is 0 Å². The molecule has 0 N–H and O–H groups in total. The fourth-order valence-electron chi connectivity index (χ4n) is 5.09. The first-order chi connectivity index (χ1) is 24.3. The molecule has 0 bridgehead atoms. The normalized spacial score (nSPS) is 28.2. The molecule has 0 spiro atoms. The molecule has 0 aromatic heterocycles. The van der Waals surface area contributed by atoms with Crippen molar-refractivity contribution in [3.05, 3.63) is 12.2 Å². The lowest BCUT2D eigenvalue weighted by molar-refractivity contribution is -0.310. The molecule has 2 heterocycles. The number of esters is 8.